The molecule has 2 N–H and O–H groups in total. The summed E-state index contributed by atoms with van der Waals surface area (Å²) in [7, 11) is 0. The number of hydrogen-bond acceptors (Lipinski definition) is 3. The number of nitrogens with two attached hydrogens (primary N) is 1. The third kappa shape index (κ3) is 3.51. The maximum absolute atomic E-state index is 6.24. The summed E-state index contributed by atoms with van der Waals surface area (Å²) >= 11 is 12.4. The standard InChI is InChI=1S/C14H18Cl2N4/c1-9(2)7-20-13(18-8-19-20)6-12(17)14-10(15)4-3-5-11(14)16/h3-5,8-9,12H,6-7,17H2,1-2H3. The summed E-state index contributed by atoms with van der Waals surface area (Å²) in [6, 6.07) is 5.09. The second kappa shape index (κ2) is 6.57. The van der Waals surface area contributed by atoms with Gasteiger partial charge in [0.15, 0.2) is 0 Å². The molecule has 0 aliphatic rings. The predicted octanol–water partition coefficient (Wildman–Crippen LogP) is 3.48. The first-order valence-electron chi connectivity index (χ1n) is 6.55. The number of halogens is 2. The topological polar surface area (TPSA) is 56.7 Å². The van der Waals surface area contributed by atoms with Crippen LogP contribution in [0.25, 0.3) is 0 Å². The molecule has 1 unspecified atom stereocenters. The van der Waals surface area contributed by atoms with E-state index in [-0.39, 0.29) is 6.04 Å². The van der Waals surface area contributed by atoms with Gasteiger partial charge in [0.2, 0.25) is 0 Å². The van der Waals surface area contributed by atoms with Crippen molar-refractivity contribution in [2.24, 2.45) is 11.7 Å². The van der Waals surface area contributed by atoms with Crippen LogP contribution in [0.2, 0.25) is 10.0 Å². The summed E-state index contributed by atoms with van der Waals surface area (Å²) in [5.41, 5.74) is 7.00. The molecule has 108 valence electrons. The summed E-state index contributed by atoms with van der Waals surface area (Å²) in [4.78, 5) is 4.28. The molecule has 1 heterocycles. The van der Waals surface area contributed by atoms with Gasteiger partial charge in [0, 0.05) is 34.6 Å². The molecule has 1 aromatic carbocycles. The highest BCUT2D eigenvalue weighted by molar-refractivity contribution is 6.36. The monoisotopic (exact) mass is 312 g/mol. The molecule has 6 heteroatoms. The van der Waals surface area contributed by atoms with E-state index in [1.165, 1.54) is 0 Å². The van der Waals surface area contributed by atoms with Crippen molar-refractivity contribution in [3.63, 3.8) is 0 Å². The van der Waals surface area contributed by atoms with Gasteiger partial charge in [-0.15, -0.1) is 0 Å². The van der Waals surface area contributed by atoms with Gasteiger partial charge in [-0.25, -0.2) is 9.67 Å². The molecule has 0 aliphatic heterocycles. The zero-order chi connectivity index (χ0) is 14.7. The summed E-state index contributed by atoms with van der Waals surface area (Å²) in [6.45, 7) is 5.09. The lowest BCUT2D eigenvalue weighted by atomic mass is 10.0. The van der Waals surface area contributed by atoms with Gasteiger partial charge in [0.05, 0.1) is 0 Å². The summed E-state index contributed by atoms with van der Waals surface area (Å²) < 4.78 is 1.88. The highest BCUT2D eigenvalue weighted by Gasteiger charge is 2.17. The minimum Gasteiger partial charge on any atom is -0.323 e. The number of rotatable bonds is 5. The van der Waals surface area contributed by atoms with Gasteiger partial charge in [0.1, 0.15) is 12.2 Å². The van der Waals surface area contributed by atoms with E-state index in [4.69, 9.17) is 28.9 Å². The molecule has 2 aromatic rings. The molecule has 1 aromatic heterocycles. The quantitative estimate of drug-likeness (QED) is 0.919. The zero-order valence-electron chi connectivity index (χ0n) is 11.6. The Morgan fingerprint density at radius 2 is 1.90 bits per heavy atom. The molecule has 0 saturated carbocycles. The van der Waals surface area contributed by atoms with Crippen LogP contribution in [0.3, 0.4) is 0 Å². The average Bonchev–Trinajstić information content (AvgIpc) is 2.75. The van der Waals surface area contributed by atoms with Gasteiger partial charge < -0.3 is 5.73 Å². The fourth-order valence-corrected chi connectivity index (χ4v) is 2.79. The Hall–Kier alpha value is -1.10. The Balaban J connectivity index is 2.20. The van der Waals surface area contributed by atoms with Gasteiger partial charge in [-0.05, 0) is 18.1 Å². The molecule has 0 spiro atoms. The molecule has 2 rings (SSSR count). The molecular weight excluding hydrogens is 295 g/mol. The fourth-order valence-electron chi connectivity index (χ4n) is 2.11. The normalized spacial score (nSPS) is 12.9. The van der Waals surface area contributed by atoms with Crippen molar-refractivity contribution in [1.82, 2.24) is 14.8 Å². The molecule has 0 fully saturated rings. The summed E-state index contributed by atoms with van der Waals surface area (Å²) in [5, 5.41) is 5.40. The lowest BCUT2D eigenvalue weighted by Crippen LogP contribution is -2.19. The van der Waals surface area contributed by atoms with Crippen LogP contribution < -0.4 is 5.73 Å². The van der Waals surface area contributed by atoms with E-state index in [0.717, 1.165) is 17.9 Å². The van der Waals surface area contributed by atoms with Crippen molar-refractivity contribution in [1.29, 1.82) is 0 Å². The number of aromatic nitrogens is 3. The van der Waals surface area contributed by atoms with Crippen molar-refractivity contribution in [2.75, 3.05) is 0 Å². The molecule has 0 aliphatic carbocycles. The Labute approximate surface area is 128 Å². The van der Waals surface area contributed by atoms with E-state index >= 15 is 0 Å². The van der Waals surface area contributed by atoms with E-state index in [2.05, 4.69) is 23.9 Å². The minimum atomic E-state index is -0.300. The zero-order valence-corrected chi connectivity index (χ0v) is 13.1. The molecule has 0 radical (unpaired) electrons. The number of hydrogen-bond donors (Lipinski definition) is 1. The van der Waals surface area contributed by atoms with Crippen LogP contribution in [0.1, 0.15) is 31.3 Å². The van der Waals surface area contributed by atoms with Crippen molar-refractivity contribution in [2.45, 2.75) is 32.9 Å². The Bertz CT molecular complexity index is 560. The second-order valence-corrected chi connectivity index (χ2v) is 6.01. The van der Waals surface area contributed by atoms with Crippen LogP contribution in [-0.2, 0) is 13.0 Å². The minimum absolute atomic E-state index is 0.300. The molecule has 4 nitrogen and oxygen atoms in total. The van der Waals surface area contributed by atoms with E-state index < -0.39 is 0 Å². The Kier molecular flexibility index (Phi) is 5.02. The van der Waals surface area contributed by atoms with Crippen LogP contribution in [0.5, 0.6) is 0 Å². The van der Waals surface area contributed by atoms with Crippen LogP contribution in [0.4, 0.5) is 0 Å². The van der Waals surface area contributed by atoms with Crippen molar-refractivity contribution in [3.8, 4) is 0 Å². The van der Waals surface area contributed by atoms with Gasteiger partial charge in [-0.3, -0.25) is 0 Å². The van der Waals surface area contributed by atoms with Gasteiger partial charge in [-0.1, -0.05) is 43.1 Å². The predicted molar refractivity (Wildman–Crippen MR) is 82.0 cm³/mol. The molecule has 20 heavy (non-hydrogen) atoms. The first-order chi connectivity index (χ1) is 9.49. The first-order valence-corrected chi connectivity index (χ1v) is 7.30. The molecule has 1 atom stereocenters. The molecule has 0 saturated heterocycles. The SMILES string of the molecule is CC(C)Cn1ncnc1CC(N)c1c(Cl)cccc1Cl. The maximum atomic E-state index is 6.24. The second-order valence-electron chi connectivity index (χ2n) is 5.20. The molecular formula is C14H18Cl2N4. The van der Waals surface area contributed by atoms with E-state index in [1.807, 2.05) is 10.7 Å². The smallest absolute Gasteiger partial charge is 0.138 e. The summed E-state index contributed by atoms with van der Waals surface area (Å²) in [6.07, 6.45) is 2.11. The van der Waals surface area contributed by atoms with Crippen LogP contribution in [0.15, 0.2) is 24.5 Å². The van der Waals surface area contributed by atoms with Gasteiger partial charge in [0.25, 0.3) is 0 Å². The van der Waals surface area contributed by atoms with Crippen molar-refractivity contribution in [3.05, 3.63) is 46.0 Å². The lowest BCUT2D eigenvalue weighted by Gasteiger charge is -2.16. The van der Waals surface area contributed by atoms with Crippen LogP contribution >= 0.6 is 23.2 Å². The number of nitrogens with zero attached hydrogens (tertiary/aromatic N) is 3. The van der Waals surface area contributed by atoms with Crippen molar-refractivity contribution >= 4 is 23.2 Å². The lowest BCUT2D eigenvalue weighted by molar-refractivity contribution is 0.459. The molecule has 0 amide bonds. The molecule has 0 bridgehead atoms. The van der Waals surface area contributed by atoms with Crippen molar-refractivity contribution < 1.29 is 0 Å². The van der Waals surface area contributed by atoms with E-state index in [1.54, 1.807) is 18.5 Å². The Morgan fingerprint density at radius 1 is 1.25 bits per heavy atom. The van der Waals surface area contributed by atoms with E-state index in [0.29, 0.717) is 22.4 Å². The largest absolute Gasteiger partial charge is 0.323 e. The third-order valence-electron chi connectivity index (χ3n) is 3.01. The van der Waals surface area contributed by atoms with Crippen LogP contribution in [-0.4, -0.2) is 14.8 Å². The fraction of sp³-hybridized carbons (Fsp3) is 0.429. The maximum Gasteiger partial charge on any atom is 0.138 e. The van der Waals surface area contributed by atoms with E-state index in [9.17, 15) is 0 Å². The highest BCUT2D eigenvalue weighted by atomic mass is 35.5. The Morgan fingerprint density at radius 3 is 2.50 bits per heavy atom. The number of benzene rings is 1. The first kappa shape index (κ1) is 15.3. The van der Waals surface area contributed by atoms with Gasteiger partial charge >= 0.3 is 0 Å². The third-order valence-corrected chi connectivity index (χ3v) is 3.67. The van der Waals surface area contributed by atoms with Gasteiger partial charge in [-0.2, -0.15) is 5.10 Å². The average molecular weight is 313 g/mol. The highest BCUT2D eigenvalue weighted by Crippen LogP contribution is 2.30. The summed E-state index contributed by atoms with van der Waals surface area (Å²) in [5.74, 6) is 1.35. The van der Waals surface area contributed by atoms with Crippen LogP contribution in [0, 0.1) is 5.92 Å².